The number of rotatable bonds is 10. The van der Waals surface area contributed by atoms with E-state index in [1.54, 1.807) is 0 Å². The summed E-state index contributed by atoms with van der Waals surface area (Å²) in [5.41, 5.74) is 0. The van der Waals surface area contributed by atoms with Gasteiger partial charge >= 0.3 is 20.2 Å². The maximum absolute atomic E-state index is 11.2. The maximum atomic E-state index is 11.2. The van der Waals surface area contributed by atoms with Crippen LogP contribution in [0.2, 0.25) is 0 Å². The summed E-state index contributed by atoms with van der Waals surface area (Å²) >= 11 is 0. The van der Waals surface area contributed by atoms with Crippen LogP contribution in [0, 0.1) is 0 Å². The highest BCUT2D eigenvalue weighted by Gasteiger charge is 2.30. The minimum Gasteiger partial charge on any atom is -0.247 e. The van der Waals surface area contributed by atoms with Gasteiger partial charge in [0.15, 0.2) is 0 Å². The molecule has 0 aliphatic heterocycles. The molecule has 0 aliphatic carbocycles. The van der Waals surface area contributed by atoms with Gasteiger partial charge in [0, 0.05) is 4.57 Å². The average molecular weight is 277 g/mol. The van der Waals surface area contributed by atoms with Gasteiger partial charge in [-0.2, -0.15) is 9.05 Å². The van der Waals surface area contributed by atoms with E-state index in [0.717, 1.165) is 25.7 Å². The van der Waals surface area contributed by atoms with Crippen molar-refractivity contribution in [1.29, 1.82) is 0 Å². The Hall–Kier alpha value is -0.960. The van der Waals surface area contributed by atoms with Crippen molar-refractivity contribution in [3.05, 3.63) is 0 Å². The van der Waals surface area contributed by atoms with E-state index in [9.17, 15) is 14.2 Å². The largest absolute Gasteiger partial charge is 0.811 e. The Morgan fingerprint density at radius 2 is 1.22 bits per heavy atom. The highest BCUT2D eigenvalue weighted by Crippen LogP contribution is 2.26. The zero-order valence-electron chi connectivity index (χ0n) is 11.1. The molecule has 0 radical (unpaired) electrons. The molecule has 18 heavy (non-hydrogen) atoms. The summed E-state index contributed by atoms with van der Waals surface area (Å²) < 4.78 is 20.2. The van der Waals surface area contributed by atoms with Crippen molar-refractivity contribution >= 4 is 20.2 Å². The van der Waals surface area contributed by atoms with Crippen LogP contribution >= 0.6 is 8.25 Å². The lowest BCUT2D eigenvalue weighted by Gasteiger charge is -1.94. The van der Waals surface area contributed by atoms with Gasteiger partial charge in [-0.15, -0.1) is 0 Å². The maximum Gasteiger partial charge on any atom is 0.811 e. The fourth-order valence-electron chi connectivity index (χ4n) is 1.31. The van der Waals surface area contributed by atoms with Crippen LogP contribution in [0.15, 0.2) is 0 Å². The Morgan fingerprint density at radius 1 is 0.833 bits per heavy atom. The van der Waals surface area contributed by atoms with Gasteiger partial charge in [0.25, 0.3) is 0 Å². The van der Waals surface area contributed by atoms with Gasteiger partial charge in [0.2, 0.25) is 0 Å². The van der Waals surface area contributed by atoms with E-state index in [0.29, 0.717) is 12.8 Å². The first-order chi connectivity index (χ1) is 8.60. The zero-order chi connectivity index (χ0) is 13.8. The third-order valence-corrected chi connectivity index (χ3v) is 3.03. The van der Waals surface area contributed by atoms with Gasteiger partial charge in [0.1, 0.15) is 0 Å². The molecule has 0 N–H and O–H groups in total. The summed E-state index contributed by atoms with van der Waals surface area (Å²) in [5, 5.41) is 0. The van der Waals surface area contributed by atoms with Crippen molar-refractivity contribution in [3.63, 3.8) is 0 Å². The fourth-order valence-corrected chi connectivity index (χ4v) is 1.87. The van der Waals surface area contributed by atoms with Gasteiger partial charge in [-0.05, 0) is 12.8 Å². The monoisotopic (exact) mass is 277 g/mol. The van der Waals surface area contributed by atoms with Crippen molar-refractivity contribution in [2.45, 2.75) is 65.2 Å². The molecule has 0 aromatic heterocycles. The number of unbranched alkanes of at least 4 members (excludes halogenated alkanes) is 4. The van der Waals surface area contributed by atoms with Crippen LogP contribution in [0.1, 0.15) is 65.2 Å². The van der Waals surface area contributed by atoms with Crippen molar-refractivity contribution in [2.75, 3.05) is 0 Å². The molecule has 0 unspecified atom stereocenters. The Labute approximate surface area is 109 Å². The second-order valence-electron chi connectivity index (χ2n) is 4.06. The van der Waals surface area contributed by atoms with Crippen LogP contribution in [0.3, 0.4) is 0 Å². The van der Waals surface area contributed by atoms with Crippen LogP contribution in [0.5, 0.6) is 0 Å². The van der Waals surface area contributed by atoms with Crippen LogP contribution in [-0.2, 0) is 23.2 Å². The smallest absolute Gasteiger partial charge is 0.247 e. The SMILES string of the molecule is CCCCCC(=O)O[P+](=O)OC(=O)CCCCC. The standard InChI is InChI=1S/C12H22O5P/c1-3-5-7-9-11(13)16-18(15)17-12(14)10-8-6-4-2/h3-10H2,1-2H3/q+1. The predicted molar refractivity (Wildman–Crippen MR) is 68.1 cm³/mol. The van der Waals surface area contributed by atoms with Crippen molar-refractivity contribution in [3.8, 4) is 0 Å². The Kier molecular flexibility index (Phi) is 10.6. The summed E-state index contributed by atoms with van der Waals surface area (Å²) in [6.45, 7) is 4.04. The van der Waals surface area contributed by atoms with Crippen LogP contribution < -0.4 is 0 Å². The van der Waals surface area contributed by atoms with Crippen molar-refractivity contribution in [2.24, 2.45) is 0 Å². The molecule has 0 aromatic carbocycles. The van der Waals surface area contributed by atoms with E-state index < -0.39 is 20.2 Å². The number of hydrogen-bond donors (Lipinski definition) is 0. The zero-order valence-corrected chi connectivity index (χ0v) is 12.0. The van der Waals surface area contributed by atoms with Crippen molar-refractivity contribution < 1.29 is 23.2 Å². The highest BCUT2D eigenvalue weighted by molar-refractivity contribution is 7.34. The molecular weight excluding hydrogens is 255 g/mol. The molecule has 0 amide bonds. The molecule has 0 saturated carbocycles. The Bertz CT molecular complexity index is 252. The van der Waals surface area contributed by atoms with Gasteiger partial charge in [0.05, 0.1) is 12.8 Å². The van der Waals surface area contributed by atoms with Crippen LogP contribution in [0.4, 0.5) is 0 Å². The van der Waals surface area contributed by atoms with E-state index in [1.807, 2.05) is 13.8 Å². The fraction of sp³-hybridized carbons (Fsp3) is 0.833. The average Bonchev–Trinajstić information content (AvgIpc) is 2.29. The summed E-state index contributed by atoms with van der Waals surface area (Å²) in [6.07, 6.45) is 5.64. The van der Waals surface area contributed by atoms with E-state index in [4.69, 9.17) is 0 Å². The molecule has 0 heterocycles. The first kappa shape index (κ1) is 17.0. The normalized spacial score (nSPS) is 9.89. The van der Waals surface area contributed by atoms with Crippen molar-refractivity contribution in [1.82, 2.24) is 0 Å². The van der Waals surface area contributed by atoms with E-state index >= 15 is 0 Å². The molecule has 0 saturated heterocycles. The summed E-state index contributed by atoms with van der Waals surface area (Å²) in [4.78, 5) is 22.3. The second kappa shape index (κ2) is 11.1. The lowest BCUT2D eigenvalue weighted by Crippen LogP contribution is -2.03. The molecule has 0 rings (SSSR count). The Balaban J connectivity index is 3.68. The highest BCUT2D eigenvalue weighted by atomic mass is 31.1. The minimum atomic E-state index is -2.65. The van der Waals surface area contributed by atoms with Gasteiger partial charge in [-0.25, -0.2) is 9.59 Å². The van der Waals surface area contributed by atoms with Gasteiger partial charge < -0.3 is 0 Å². The van der Waals surface area contributed by atoms with Gasteiger partial charge in [-0.1, -0.05) is 39.5 Å². The van der Waals surface area contributed by atoms with Gasteiger partial charge in [-0.3, -0.25) is 0 Å². The minimum absolute atomic E-state index is 0.211. The number of hydrogen-bond acceptors (Lipinski definition) is 5. The van der Waals surface area contributed by atoms with Crippen LogP contribution in [0.25, 0.3) is 0 Å². The summed E-state index contributed by atoms with van der Waals surface area (Å²) in [6, 6.07) is 0. The first-order valence-electron chi connectivity index (χ1n) is 6.49. The molecule has 5 nitrogen and oxygen atoms in total. The Morgan fingerprint density at radius 3 is 1.56 bits per heavy atom. The third-order valence-electron chi connectivity index (χ3n) is 2.32. The van der Waals surface area contributed by atoms with E-state index in [1.165, 1.54) is 0 Å². The molecular formula is C12H22O5P+. The van der Waals surface area contributed by atoms with E-state index in [2.05, 4.69) is 9.05 Å². The molecule has 0 aliphatic rings. The van der Waals surface area contributed by atoms with E-state index in [-0.39, 0.29) is 12.8 Å². The molecule has 6 heteroatoms. The topological polar surface area (TPSA) is 69.7 Å². The summed E-state index contributed by atoms with van der Waals surface area (Å²) in [7, 11) is -2.65. The molecule has 0 spiro atoms. The third kappa shape index (κ3) is 10.2. The number of carbonyl (C=O) groups excluding carboxylic acids is 2. The molecule has 0 fully saturated rings. The summed E-state index contributed by atoms with van der Waals surface area (Å²) in [5.74, 6) is -1.16. The quantitative estimate of drug-likeness (QED) is 0.447. The first-order valence-corrected chi connectivity index (χ1v) is 7.58. The van der Waals surface area contributed by atoms with Crippen LogP contribution in [-0.4, -0.2) is 11.9 Å². The molecule has 0 atom stereocenters. The second-order valence-corrected chi connectivity index (χ2v) is 4.88. The predicted octanol–water partition coefficient (Wildman–Crippen LogP) is 3.89. The number of carbonyl (C=O) groups is 2. The molecule has 0 aromatic rings. The lowest BCUT2D eigenvalue weighted by atomic mass is 10.2. The molecule has 104 valence electrons. The molecule has 0 bridgehead atoms. The lowest BCUT2D eigenvalue weighted by molar-refractivity contribution is -0.137.